The molecule has 0 atom stereocenters. The molecule has 0 bridgehead atoms. The highest BCUT2D eigenvalue weighted by Gasteiger charge is 2.15. The molecule has 0 N–H and O–H groups in total. The van der Waals surface area contributed by atoms with Gasteiger partial charge in [-0.3, -0.25) is 0 Å². The fourth-order valence-corrected chi connectivity index (χ4v) is 8.58. The zero-order valence-corrected chi connectivity index (χ0v) is 29.9. The van der Waals surface area contributed by atoms with E-state index in [1.54, 1.807) is 30.3 Å². The number of hydrogen-bond donors (Lipinski definition) is 0. The van der Waals surface area contributed by atoms with Crippen LogP contribution in [0.4, 0.5) is 0 Å². The third kappa shape index (κ3) is 4.79. The first-order chi connectivity index (χ1) is 31.9. The lowest BCUT2D eigenvalue weighted by molar-refractivity contribution is 1.56. The average molecular weight is 717 g/mol. The number of hydrogen-bond acceptors (Lipinski definition) is 0. The molecule has 0 nitrogen and oxygen atoms in total. The maximum absolute atomic E-state index is 9.79. The van der Waals surface area contributed by atoms with Crippen molar-refractivity contribution in [2.45, 2.75) is 0 Å². The van der Waals surface area contributed by atoms with Crippen LogP contribution in [0.3, 0.4) is 0 Å². The standard InChI is InChI=1S/C56H34/c1-2-6-35(7-3-1)46-32-47(36-12-16-38(17-13-36)49-28-24-44-22-20-40-8-4-10-42-26-30-51(49)55(44)53(40)42)34-48(33-46)37-14-18-39(19-15-37)50-29-25-45-23-21-41-9-5-11-43-27-31-52(50)56(45)54(41)43/h1-34H/i12D,13D,14D,16D,17D,18D,19D,32D,33D,34D. The molecule has 0 spiro atoms. The van der Waals surface area contributed by atoms with Gasteiger partial charge in [-0.2, -0.15) is 0 Å². The second-order valence-corrected chi connectivity index (χ2v) is 14.4. The van der Waals surface area contributed by atoms with Gasteiger partial charge in [0.05, 0.1) is 13.7 Å². The normalized spacial score (nSPS) is 14.4. The molecule has 12 rings (SSSR count). The van der Waals surface area contributed by atoms with Gasteiger partial charge < -0.3 is 0 Å². The van der Waals surface area contributed by atoms with E-state index in [-0.39, 0.29) is 81.2 Å². The van der Waals surface area contributed by atoms with E-state index in [1.807, 2.05) is 78.9 Å². The van der Waals surface area contributed by atoms with Gasteiger partial charge in [0.25, 0.3) is 0 Å². The Balaban J connectivity index is 1.09. The summed E-state index contributed by atoms with van der Waals surface area (Å²) in [7, 11) is 0. The molecule has 0 fully saturated rings. The van der Waals surface area contributed by atoms with Crippen LogP contribution in [0.25, 0.3) is 120 Å². The van der Waals surface area contributed by atoms with Gasteiger partial charge in [-0.25, -0.2) is 0 Å². The summed E-state index contributed by atoms with van der Waals surface area (Å²) in [6.07, 6.45) is 0. The number of benzene rings is 12. The van der Waals surface area contributed by atoms with Crippen molar-refractivity contribution in [1.82, 2.24) is 0 Å². The van der Waals surface area contributed by atoms with Crippen LogP contribution in [-0.2, 0) is 0 Å². The second kappa shape index (κ2) is 12.1. The molecule has 0 aliphatic heterocycles. The van der Waals surface area contributed by atoms with Gasteiger partial charge in [0.15, 0.2) is 0 Å². The van der Waals surface area contributed by atoms with Gasteiger partial charge in [-0.05, 0) is 138 Å². The van der Waals surface area contributed by atoms with Crippen LogP contribution in [0, 0.1) is 0 Å². The monoisotopic (exact) mass is 716 g/mol. The molecule has 0 saturated heterocycles. The summed E-state index contributed by atoms with van der Waals surface area (Å²) >= 11 is 0. The van der Waals surface area contributed by atoms with Crippen molar-refractivity contribution >= 4 is 64.6 Å². The lowest BCUT2D eigenvalue weighted by atomic mass is 9.88. The molecule has 12 aromatic rings. The quantitative estimate of drug-likeness (QED) is 0.156. The van der Waals surface area contributed by atoms with Crippen LogP contribution in [-0.4, -0.2) is 0 Å². The maximum Gasteiger partial charge on any atom is 0.0636 e. The molecule has 0 amide bonds. The van der Waals surface area contributed by atoms with Crippen molar-refractivity contribution in [2.24, 2.45) is 0 Å². The summed E-state index contributed by atoms with van der Waals surface area (Å²) < 4.78 is 95.7. The smallest absolute Gasteiger partial charge is 0.0622 e. The topological polar surface area (TPSA) is 0 Å². The fourth-order valence-electron chi connectivity index (χ4n) is 8.58. The van der Waals surface area contributed by atoms with Crippen LogP contribution in [0.2, 0.25) is 0 Å². The summed E-state index contributed by atoms with van der Waals surface area (Å²) in [5, 5.41) is 11.8. The molecule has 0 aromatic heterocycles. The van der Waals surface area contributed by atoms with Crippen LogP contribution in [0.15, 0.2) is 206 Å². The molecule has 0 unspecified atom stereocenters. The van der Waals surface area contributed by atoms with E-state index in [2.05, 4.69) is 30.3 Å². The SMILES string of the molecule is [2H]c1cc(-c2c([2H])c(-c3ccccc3)c([2H])c(-c3c([2H])c([2H])c(-c4ccc5ccc6cccc7ccc4c5c67)c([2H])c3[2H])c2[2H])c([2H])c([2H])c1-c1ccc2ccc3cccc4ccc1c2c34. The van der Waals surface area contributed by atoms with E-state index in [4.69, 9.17) is 0 Å². The Morgan fingerprint density at radius 3 is 1.16 bits per heavy atom. The highest BCUT2D eigenvalue weighted by molar-refractivity contribution is 6.26. The van der Waals surface area contributed by atoms with Crippen molar-refractivity contribution in [3.8, 4) is 55.6 Å². The first kappa shape index (κ1) is 22.8. The fraction of sp³-hybridized carbons (Fsp3) is 0. The van der Waals surface area contributed by atoms with Crippen molar-refractivity contribution in [2.75, 3.05) is 0 Å². The van der Waals surface area contributed by atoms with Gasteiger partial charge in [-0.15, -0.1) is 0 Å². The molecule has 56 heavy (non-hydrogen) atoms. The van der Waals surface area contributed by atoms with E-state index in [9.17, 15) is 13.7 Å². The predicted molar refractivity (Wildman–Crippen MR) is 241 cm³/mol. The van der Waals surface area contributed by atoms with E-state index in [1.165, 1.54) is 6.07 Å². The van der Waals surface area contributed by atoms with Gasteiger partial charge in [0.2, 0.25) is 0 Å². The lowest BCUT2D eigenvalue weighted by Crippen LogP contribution is -1.89. The summed E-state index contributed by atoms with van der Waals surface area (Å²) in [5.74, 6) is 0. The molecule has 12 aromatic carbocycles. The minimum Gasteiger partial charge on any atom is -0.0622 e. The Bertz CT molecular complexity index is 3990. The minimum absolute atomic E-state index is 0.0534. The van der Waals surface area contributed by atoms with Crippen LogP contribution in [0.5, 0.6) is 0 Å². The third-order valence-electron chi connectivity index (χ3n) is 11.2. The largest absolute Gasteiger partial charge is 0.0636 e. The zero-order chi connectivity index (χ0) is 45.4. The summed E-state index contributed by atoms with van der Waals surface area (Å²) in [6, 6.07) is 42.6. The van der Waals surface area contributed by atoms with E-state index in [0.717, 1.165) is 64.6 Å². The molecule has 258 valence electrons. The molecule has 0 aliphatic rings. The average Bonchev–Trinajstić information content (AvgIpc) is 3.33. The summed E-state index contributed by atoms with van der Waals surface area (Å²) in [5.41, 5.74) is 1.18. The Kier molecular flexibility index (Phi) is 4.94. The van der Waals surface area contributed by atoms with Crippen LogP contribution in [0.1, 0.15) is 13.7 Å². The molecule has 0 aliphatic carbocycles. The Labute approximate surface area is 339 Å². The molecule has 0 saturated carbocycles. The Morgan fingerprint density at radius 1 is 0.232 bits per heavy atom. The van der Waals surface area contributed by atoms with Crippen molar-refractivity contribution in [3.05, 3.63) is 206 Å². The van der Waals surface area contributed by atoms with E-state index >= 15 is 0 Å². The maximum atomic E-state index is 9.79. The minimum atomic E-state index is -0.469. The van der Waals surface area contributed by atoms with Gasteiger partial charge in [0, 0.05) is 0 Å². The van der Waals surface area contributed by atoms with Crippen molar-refractivity contribution in [1.29, 1.82) is 0 Å². The van der Waals surface area contributed by atoms with E-state index in [0.29, 0.717) is 16.7 Å². The van der Waals surface area contributed by atoms with Crippen LogP contribution >= 0.6 is 0 Å². The molecular formula is C56H34. The Hall–Kier alpha value is -7.28. The van der Waals surface area contributed by atoms with Crippen molar-refractivity contribution in [3.63, 3.8) is 0 Å². The highest BCUT2D eigenvalue weighted by atomic mass is 14.2. The van der Waals surface area contributed by atoms with Crippen molar-refractivity contribution < 1.29 is 13.7 Å². The third-order valence-corrected chi connectivity index (χ3v) is 11.2. The van der Waals surface area contributed by atoms with E-state index < -0.39 is 18.1 Å². The molecule has 0 heteroatoms. The molecule has 0 heterocycles. The first-order valence-electron chi connectivity index (χ1n) is 23.7. The second-order valence-electron chi connectivity index (χ2n) is 14.4. The first-order valence-corrected chi connectivity index (χ1v) is 18.7. The lowest BCUT2D eigenvalue weighted by Gasteiger charge is -2.15. The highest BCUT2D eigenvalue weighted by Crippen LogP contribution is 2.42. The zero-order valence-electron chi connectivity index (χ0n) is 39.9. The van der Waals surface area contributed by atoms with Crippen LogP contribution < -0.4 is 0 Å². The summed E-state index contributed by atoms with van der Waals surface area (Å²) in [4.78, 5) is 0. The van der Waals surface area contributed by atoms with Gasteiger partial charge >= 0.3 is 0 Å². The Morgan fingerprint density at radius 2 is 0.625 bits per heavy atom. The predicted octanol–water partition coefficient (Wildman–Crippen LogP) is 15.8. The molecular weight excluding hydrogens is 673 g/mol. The van der Waals surface area contributed by atoms with Gasteiger partial charge in [-0.1, -0.05) is 188 Å². The molecule has 0 radical (unpaired) electrons. The number of rotatable bonds is 5. The van der Waals surface area contributed by atoms with Gasteiger partial charge in [0.1, 0.15) is 0 Å². The summed E-state index contributed by atoms with van der Waals surface area (Å²) in [6.45, 7) is 0.